The number of aromatic nitrogens is 2. The maximum absolute atomic E-state index is 12.8. The molecule has 212 valence electrons. The number of carbonyl (C=O) groups is 1. The van der Waals surface area contributed by atoms with Gasteiger partial charge in [0.05, 0.1) is 16.8 Å². The zero-order valence-corrected chi connectivity index (χ0v) is 23.7. The predicted molar refractivity (Wildman–Crippen MR) is 152 cm³/mol. The van der Waals surface area contributed by atoms with Crippen LogP contribution in [0.3, 0.4) is 0 Å². The smallest absolute Gasteiger partial charge is 0.271 e. The summed E-state index contributed by atoms with van der Waals surface area (Å²) < 4.78 is 6.53. The fraction of sp³-hybridized carbons (Fsp3) is 0.600. The van der Waals surface area contributed by atoms with E-state index in [0.29, 0.717) is 27.4 Å². The highest BCUT2D eigenvalue weighted by molar-refractivity contribution is 6.31. The second-order valence-electron chi connectivity index (χ2n) is 12.1. The molecule has 0 radical (unpaired) electrons. The number of nitrogens with zero attached hydrogens (tertiary/aromatic N) is 5. The molecule has 6 rings (SSSR count). The van der Waals surface area contributed by atoms with Gasteiger partial charge in [0, 0.05) is 62.1 Å². The molecule has 4 fully saturated rings. The minimum absolute atomic E-state index is 0.0187. The minimum Gasteiger partial charge on any atom is -0.489 e. The third-order valence-electron chi connectivity index (χ3n) is 9.39. The van der Waals surface area contributed by atoms with E-state index in [1.165, 1.54) is 58.2 Å². The molecule has 3 aliphatic heterocycles. The molecular weight excluding hydrogens is 526 g/mol. The van der Waals surface area contributed by atoms with E-state index < -0.39 is 0 Å². The maximum atomic E-state index is 12.8. The second-order valence-corrected chi connectivity index (χ2v) is 12.5. The molecule has 4 aliphatic rings. The standard InChI is InChI=1S/C30H38ClN7O2/c31-25-14-24(3-1-22(25)15-32)40-28-4-2-23(36-29(39)26-16-33-8-9-35-26)13-27(28)38-10-5-21(6-11-38)17-37-12-7-30(20-37)18-34-19-30/h1,3,8-9,14,16,21,23,27-28,34H,2,4-7,10-13,17-20H2,(H,36,39)/t23-,27-,28-/m1/s1. The van der Waals surface area contributed by atoms with E-state index >= 15 is 0 Å². The molecule has 4 heterocycles. The molecule has 1 amide bonds. The van der Waals surface area contributed by atoms with Crippen molar-refractivity contribution in [3.63, 3.8) is 0 Å². The van der Waals surface area contributed by atoms with Crippen LogP contribution >= 0.6 is 11.6 Å². The summed E-state index contributed by atoms with van der Waals surface area (Å²) in [5.74, 6) is 1.23. The first-order valence-corrected chi connectivity index (χ1v) is 15.0. The lowest BCUT2D eigenvalue weighted by Crippen LogP contribution is -2.56. The number of benzene rings is 1. The molecule has 1 spiro atoms. The Labute approximate surface area is 241 Å². The molecule has 40 heavy (non-hydrogen) atoms. The van der Waals surface area contributed by atoms with Gasteiger partial charge in [-0.2, -0.15) is 5.26 Å². The highest BCUT2D eigenvalue weighted by Crippen LogP contribution is 2.36. The van der Waals surface area contributed by atoms with Crippen molar-refractivity contribution in [1.82, 2.24) is 30.4 Å². The zero-order valence-electron chi connectivity index (χ0n) is 22.9. The number of rotatable bonds is 7. The number of piperidine rings is 1. The van der Waals surface area contributed by atoms with Gasteiger partial charge in [-0.15, -0.1) is 0 Å². The third-order valence-corrected chi connectivity index (χ3v) is 9.70. The van der Waals surface area contributed by atoms with Gasteiger partial charge >= 0.3 is 0 Å². The SMILES string of the molecule is N#Cc1ccc(O[C@@H]2CC[C@@H](NC(=O)c3cnccn3)C[C@H]2N2CCC(CN3CCC4(CNC4)C3)CC2)cc1Cl. The summed E-state index contributed by atoms with van der Waals surface area (Å²) in [6.45, 7) is 8.14. The van der Waals surface area contributed by atoms with E-state index in [9.17, 15) is 10.1 Å². The van der Waals surface area contributed by atoms with Crippen LogP contribution < -0.4 is 15.4 Å². The summed E-state index contributed by atoms with van der Waals surface area (Å²) in [6.07, 6.45) is 10.8. The maximum Gasteiger partial charge on any atom is 0.271 e. The number of nitriles is 1. The Bertz CT molecular complexity index is 1230. The van der Waals surface area contributed by atoms with Crippen LogP contribution in [0.25, 0.3) is 0 Å². The van der Waals surface area contributed by atoms with E-state index in [1.54, 1.807) is 24.5 Å². The first-order valence-electron chi connectivity index (χ1n) is 14.6. The summed E-state index contributed by atoms with van der Waals surface area (Å²) in [7, 11) is 0. The number of hydrogen-bond acceptors (Lipinski definition) is 8. The highest BCUT2D eigenvalue weighted by Gasteiger charge is 2.44. The molecule has 0 unspecified atom stereocenters. The number of halogens is 1. The molecule has 1 aromatic heterocycles. The first-order chi connectivity index (χ1) is 19.5. The van der Waals surface area contributed by atoms with Gasteiger partial charge in [-0.3, -0.25) is 14.7 Å². The fourth-order valence-electron chi connectivity index (χ4n) is 7.07. The molecule has 3 saturated heterocycles. The van der Waals surface area contributed by atoms with Crippen molar-refractivity contribution < 1.29 is 9.53 Å². The van der Waals surface area contributed by atoms with Crippen molar-refractivity contribution in [3.8, 4) is 11.8 Å². The van der Waals surface area contributed by atoms with Crippen LogP contribution in [0.2, 0.25) is 5.02 Å². The molecule has 1 aliphatic carbocycles. The van der Waals surface area contributed by atoms with Gasteiger partial charge in [-0.05, 0) is 76.2 Å². The lowest BCUT2D eigenvalue weighted by molar-refractivity contribution is 0.00606. The summed E-state index contributed by atoms with van der Waals surface area (Å²) in [6, 6.07) is 7.61. The van der Waals surface area contributed by atoms with Crippen LogP contribution in [0.4, 0.5) is 0 Å². The van der Waals surface area contributed by atoms with Crippen LogP contribution in [0, 0.1) is 22.7 Å². The molecule has 9 nitrogen and oxygen atoms in total. The minimum atomic E-state index is -0.182. The molecule has 0 bridgehead atoms. The van der Waals surface area contributed by atoms with Gasteiger partial charge in [-0.25, -0.2) is 4.98 Å². The Kier molecular flexibility index (Phi) is 8.22. The van der Waals surface area contributed by atoms with Crippen LogP contribution in [-0.4, -0.2) is 89.7 Å². The Morgan fingerprint density at radius 2 is 2.05 bits per heavy atom. The Balaban J connectivity index is 1.10. The van der Waals surface area contributed by atoms with Gasteiger partial charge in [0.2, 0.25) is 0 Å². The van der Waals surface area contributed by atoms with Crippen molar-refractivity contribution in [3.05, 3.63) is 53.1 Å². The van der Waals surface area contributed by atoms with E-state index in [-0.39, 0.29) is 24.1 Å². The number of likely N-dealkylation sites (tertiary alicyclic amines) is 2. The van der Waals surface area contributed by atoms with E-state index in [0.717, 1.165) is 38.3 Å². The van der Waals surface area contributed by atoms with Crippen LogP contribution in [0.1, 0.15) is 54.6 Å². The average molecular weight is 564 g/mol. The Hall–Kier alpha value is -2.77. The van der Waals surface area contributed by atoms with Crippen molar-refractivity contribution >= 4 is 17.5 Å². The monoisotopic (exact) mass is 563 g/mol. The number of nitrogens with one attached hydrogen (secondary N) is 2. The lowest BCUT2D eigenvalue weighted by Gasteiger charge is -2.45. The van der Waals surface area contributed by atoms with Crippen molar-refractivity contribution in [2.75, 3.05) is 45.8 Å². The van der Waals surface area contributed by atoms with Gasteiger partial charge in [0.15, 0.2) is 0 Å². The molecular formula is C30H38ClN7O2. The fourth-order valence-corrected chi connectivity index (χ4v) is 7.28. The van der Waals surface area contributed by atoms with Crippen LogP contribution in [0.15, 0.2) is 36.8 Å². The van der Waals surface area contributed by atoms with Gasteiger partial charge in [0.1, 0.15) is 23.6 Å². The van der Waals surface area contributed by atoms with Gasteiger partial charge in [0.25, 0.3) is 5.91 Å². The van der Waals surface area contributed by atoms with Crippen LogP contribution in [-0.2, 0) is 0 Å². The van der Waals surface area contributed by atoms with Crippen molar-refractivity contribution in [2.24, 2.45) is 11.3 Å². The molecule has 10 heteroatoms. The lowest BCUT2D eigenvalue weighted by atomic mass is 9.81. The summed E-state index contributed by atoms with van der Waals surface area (Å²) >= 11 is 6.31. The van der Waals surface area contributed by atoms with Crippen LogP contribution in [0.5, 0.6) is 5.75 Å². The number of ether oxygens (including phenoxy) is 1. The van der Waals surface area contributed by atoms with Crippen molar-refractivity contribution in [1.29, 1.82) is 5.26 Å². The Morgan fingerprint density at radius 3 is 2.73 bits per heavy atom. The third kappa shape index (κ3) is 6.10. The van der Waals surface area contributed by atoms with E-state index in [1.807, 2.05) is 6.07 Å². The second kappa shape index (κ2) is 12.0. The largest absolute Gasteiger partial charge is 0.489 e. The molecule has 2 N–H and O–H groups in total. The topological polar surface area (TPSA) is 106 Å². The average Bonchev–Trinajstić information content (AvgIpc) is 3.40. The van der Waals surface area contributed by atoms with E-state index in [2.05, 4.69) is 36.5 Å². The zero-order chi connectivity index (χ0) is 27.5. The van der Waals surface area contributed by atoms with Gasteiger partial charge < -0.3 is 20.3 Å². The number of carbonyl (C=O) groups excluding carboxylic acids is 1. The molecule has 3 atom stereocenters. The first kappa shape index (κ1) is 27.4. The van der Waals surface area contributed by atoms with E-state index in [4.69, 9.17) is 16.3 Å². The normalized spacial score (nSPS) is 27.1. The predicted octanol–water partition coefficient (Wildman–Crippen LogP) is 3.11. The summed E-state index contributed by atoms with van der Waals surface area (Å²) in [5, 5.41) is 16.3. The highest BCUT2D eigenvalue weighted by atomic mass is 35.5. The molecule has 2 aromatic rings. The van der Waals surface area contributed by atoms with Crippen molar-refractivity contribution in [2.45, 2.75) is 56.7 Å². The summed E-state index contributed by atoms with van der Waals surface area (Å²) in [4.78, 5) is 26.3. The number of amides is 1. The Morgan fingerprint density at radius 1 is 1.20 bits per heavy atom. The summed E-state index contributed by atoms with van der Waals surface area (Å²) in [5.41, 5.74) is 1.33. The number of hydrogen-bond donors (Lipinski definition) is 2. The quantitative estimate of drug-likeness (QED) is 0.529. The molecule has 1 aromatic carbocycles. The molecule has 1 saturated carbocycles. The van der Waals surface area contributed by atoms with Gasteiger partial charge in [-0.1, -0.05) is 11.6 Å².